The number of rotatable bonds is 12. The fourth-order valence-electron chi connectivity index (χ4n) is 4.24. The van der Waals surface area contributed by atoms with Gasteiger partial charge in [-0.15, -0.1) is 11.8 Å². The van der Waals surface area contributed by atoms with Gasteiger partial charge in [0.15, 0.2) is 0 Å². The maximum absolute atomic E-state index is 6.74. The van der Waals surface area contributed by atoms with Gasteiger partial charge in [0.05, 0.1) is 35.5 Å². The van der Waals surface area contributed by atoms with E-state index < -0.39 is 0 Å². The maximum atomic E-state index is 6.74. The van der Waals surface area contributed by atoms with Gasteiger partial charge in [0.25, 0.3) is 0 Å². The molecule has 0 bridgehead atoms. The van der Waals surface area contributed by atoms with Crippen molar-refractivity contribution in [3.05, 3.63) is 56.3 Å². The third-order valence-electron chi connectivity index (χ3n) is 5.92. The molecule has 0 amide bonds. The van der Waals surface area contributed by atoms with E-state index in [9.17, 15) is 0 Å². The number of aliphatic imine (C=N–C) groups is 3. The Kier molecular flexibility index (Phi) is 13.7. The predicted molar refractivity (Wildman–Crippen MR) is 163 cm³/mol. The van der Waals surface area contributed by atoms with Gasteiger partial charge in [0.1, 0.15) is 5.84 Å². The number of likely N-dealkylation sites (N-methyl/N-ethyl adjacent to an activating group) is 1. The highest BCUT2D eigenvalue weighted by atomic mass is 35.5. The molecule has 1 aromatic rings. The molecule has 204 valence electrons. The van der Waals surface area contributed by atoms with Gasteiger partial charge in [-0.25, -0.2) is 0 Å². The van der Waals surface area contributed by atoms with Crippen molar-refractivity contribution < 1.29 is 4.74 Å². The van der Waals surface area contributed by atoms with Crippen LogP contribution >= 0.6 is 35.0 Å². The molecule has 7 nitrogen and oxygen atoms in total. The minimum Gasteiger partial charge on any atom is -0.400 e. The van der Waals surface area contributed by atoms with Gasteiger partial charge in [-0.1, -0.05) is 42.3 Å². The number of methoxy groups -OCH3 is 1. The second-order valence-electron chi connectivity index (χ2n) is 9.00. The minimum atomic E-state index is 0.346. The molecular weight excluding hydrogens is 527 g/mol. The topological polar surface area (TPSA) is 78.8 Å². The summed E-state index contributed by atoms with van der Waals surface area (Å²) in [4.78, 5) is 18.4. The third-order valence-corrected chi connectivity index (χ3v) is 7.12. The van der Waals surface area contributed by atoms with Gasteiger partial charge in [-0.05, 0) is 57.1 Å². The van der Waals surface area contributed by atoms with Crippen LogP contribution in [0.25, 0.3) is 0 Å². The Morgan fingerprint density at radius 1 is 1.35 bits per heavy atom. The van der Waals surface area contributed by atoms with E-state index in [1.54, 1.807) is 18.9 Å². The first-order chi connectivity index (χ1) is 17.8. The number of hydrogen-bond donors (Lipinski definition) is 1. The maximum Gasteiger partial charge on any atom is 0.132 e. The van der Waals surface area contributed by atoms with Crippen LogP contribution < -0.4 is 5.73 Å². The van der Waals surface area contributed by atoms with E-state index in [1.807, 2.05) is 37.4 Å². The Hall–Kier alpha value is -1.84. The number of allylic oxidation sites excluding steroid dienone is 1. The highest BCUT2D eigenvalue weighted by Gasteiger charge is 2.25. The summed E-state index contributed by atoms with van der Waals surface area (Å²) in [5.41, 5.74) is 11.6. The van der Waals surface area contributed by atoms with Crippen molar-refractivity contribution in [2.75, 3.05) is 66.1 Å². The van der Waals surface area contributed by atoms with E-state index >= 15 is 0 Å². The van der Waals surface area contributed by atoms with Crippen molar-refractivity contribution in [3.8, 4) is 0 Å². The molecule has 1 heterocycles. The first-order valence-electron chi connectivity index (χ1n) is 12.3. The fourth-order valence-corrected chi connectivity index (χ4v) is 5.00. The van der Waals surface area contributed by atoms with Crippen molar-refractivity contribution >= 4 is 53.2 Å². The van der Waals surface area contributed by atoms with Gasteiger partial charge in [0, 0.05) is 49.5 Å². The number of benzene rings is 1. The van der Waals surface area contributed by atoms with Gasteiger partial charge >= 0.3 is 0 Å². The molecule has 0 atom stereocenters. The van der Waals surface area contributed by atoms with Crippen LogP contribution in [0.5, 0.6) is 0 Å². The van der Waals surface area contributed by atoms with E-state index in [4.69, 9.17) is 43.7 Å². The van der Waals surface area contributed by atoms with Crippen molar-refractivity contribution in [1.29, 1.82) is 0 Å². The number of nitrogens with zero attached hydrogens (tertiary/aromatic N) is 5. The van der Waals surface area contributed by atoms with E-state index in [1.165, 1.54) is 0 Å². The lowest BCUT2D eigenvalue weighted by atomic mass is 9.98. The van der Waals surface area contributed by atoms with E-state index in [0.29, 0.717) is 49.3 Å². The molecule has 2 N–H and O–H groups in total. The van der Waals surface area contributed by atoms with Crippen LogP contribution in [0, 0.1) is 0 Å². The number of amidine groups is 1. The van der Waals surface area contributed by atoms with Crippen LogP contribution in [0.2, 0.25) is 5.02 Å². The van der Waals surface area contributed by atoms with Gasteiger partial charge in [-0.3, -0.25) is 15.0 Å². The molecule has 0 saturated heterocycles. The highest BCUT2D eigenvalue weighted by molar-refractivity contribution is 7.98. The second-order valence-corrected chi connectivity index (χ2v) is 10.6. The summed E-state index contributed by atoms with van der Waals surface area (Å²) in [5, 5.41) is 1.27. The average molecular weight is 568 g/mol. The van der Waals surface area contributed by atoms with E-state index in [0.717, 1.165) is 58.4 Å². The molecule has 0 aliphatic carbocycles. The molecule has 0 saturated carbocycles. The van der Waals surface area contributed by atoms with Crippen LogP contribution in [0.1, 0.15) is 24.5 Å². The van der Waals surface area contributed by atoms with Crippen molar-refractivity contribution in [2.24, 2.45) is 20.7 Å². The van der Waals surface area contributed by atoms with Gasteiger partial charge < -0.3 is 20.3 Å². The zero-order valence-electron chi connectivity index (χ0n) is 22.7. The van der Waals surface area contributed by atoms with Crippen LogP contribution in [-0.2, 0) is 17.6 Å². The highest BCUT2D eigenvalue weighted by Crippen LogP contribution is 2.26. The summed E-state index contributed by atoms with van der Waals surface area (Å²) >= 11 is 14.9. The lowest BCUT2D eigenvalue weighted by Gasteiger charge is -2.28. The minimum absolute atomic E-state index is 0.346. The number of thioether (sulfide) groups is 1. The fraction of sp³-hybridized carbons (Fsp3) is 0.519. The Balaban J connectivity index is 2.56. The van der Waals surface area contributed by atoms with Crippen LogP contribution in [0.15, 0.2) is 55.2 Å². The standard InChI is InChI=1S/C27H40Cl2N6OS/c1-7-20-19(10-8-11-22(20)28)14-24(31-2)21(17-36-5)27(33-18-37-6)35-13-9-12-32-25(16-35)26(29)23(30)15-34(3)4/h8,10-11H,2,7,9,12-18,30H2,1,3-6H3/b24-21-,26-23+,33-27+. The van der Waals surface area contributed by atoms with Gasteiger partial charge in [0.2, 0.25) is 0 Å². The normalized spacial score (nSPS) is 16.3. The first-order valence-corrected chi connectivity index (χ1v) is 14.5. The summed E-state index contributed by atoms with van der Waals surface area (Å²) in [6, 6.07) is 5.99. The molecule has 0 aromatic heterocycles. The van der Waals surface area contributed by atoms with Crippen LogP contribution in [0.4, 0.5) is 0 Å². The molecular formula is C27H40Cl2N6OS. The van der Waals surface area contributed by atoms with E-state index in [2.05, 4.69) is 29.6 Å². The smallest absolute Gasteiger partial charge is 0.132 e. The Morgan fingerprint density at radius 2 is 2.11 bits per heavy atom. The lowest BCUT2D eigenvalue weighted by Crippen LogP contribution is -2.39. The molecule has 0 unspecified atom stereocenters. The van der Waals surface area contributed by atoms with Crippen molar-refractivity contribution in [1.82, 2.24) is 9.80 Å². The second kappa shape index (κ2) is 16.2. The summed E-state index contributed by atoms with van der Waals surface area (Å²) in [7, 11) is 5.60. The van der Waals surface area contributed by atoms with Crippen molar-refractivity contribution in [3.63, 3.8) is 0 Å². The van der Waals surface area contributed by atoms with E-state index in [-0.39, 0.29) is 0 Å². The number of halogens is 2. The number of ether oxygens (including phenoxy) is 1. The zero-order chi connectivity index (χ0) is 27.4. The number of nitrogens with two attached hydrogens (primary N) is 1. The summed E-state index contributed by atoms with van der Waals surface area (Å²) in [6.07, 6.45) is 4.31. The average Bonchev–Trinajstić information content (AvgIpc) is 3.12. The predicted octanol–water partition coefficient (Wildman–Crippen LogP) is 4.88. The molecule has 2 rings (SSSR count). The van der Waals surface area contributed by atoms with Gasteiger partial charge in [-0.2, -0.15) is 0 Å². The van der Waals surface area contributed by atoms with Crippen molar-refractivity contribution in [2.45, 2.75) is 26.2 Å². The van der Waals surface area contributed by atoms with Crippen LogP contribution in [-0.4, -0.2) is 94.2 Å². The Bertz CT molecular complexity index is 1050. The molecule has 1 aliphatic rings. The summed E-state index contributed by atoms with van der Waals surface area (Å²) in [6.45, 7) is 8.86. The monoisotopic (exact) mass is 566 g/mol. The summed E-state index contributed by atoms with van der Waals surface area (Å²) in [5.74, 6) is 1.42. The Morgan fingerprint density at radius 3 is 2.73 bits per heavy atom. The quantitative estimate of drug-likeness (QED) is 0.288. The largest absolute Gasteiger partial charge is 0.400 e. The molecule has 1 aromatic carbocycles. The molecule has 0 fully saturated rings. The molecule has 1 aliphatic heterocycles. The summed E-state index contributed by atoms with van der Waals surface area (Å²) < 4.78 is 5.67. The molecule has 0 radical (unpaired) electrons. The molecule has 0 spiro atoms. The third kappa shape index (κ3) is 9.14. The molecule has 37 heavy (non-hydrogen) atoms. The zero-order valence-corrected chi connectivity index (χ0v) is 25.0. The Labute approximate surface area is 236 Å². The van der Waals surface area contributed by atoms with Crippen LogP contribution in [0.3, 0.4) is 0 Å². The SMILES string of the molecule is C=N/C(Cc1cccc(Cl)c1CC)=C(COC)\C(=N/CSC)N1CCCN=C(/C(Cl)=C(\N)CN(C)C)C1. The first kappa shape index (κ1) is 31.4. The number of hydrogen-bond acceptors (Lipinski definition) is 7. The molecule has 10 heteroatoms. The lowest BCUT2D eigenvalue weighted by molar-refractivity contribution is 0.227.